The van der Waals surface area contributed by atoms with Crippen molar-refractivity contribution >= 4 is 11.8 Å². The van der Waals surface area contributed by atoms with E-state index in [1.807, 2.05) is 59.5 Å². The second-order valence-corrected chi connectivity index (χ2v) is 8.94. The molecule has 0 bridgehead atoms. The first-order valence-electron chi connectivity index (χ1n) is 12.1. The van der Waals surface area contributed by atoms with Crippen LogP contribution in [0.25, 0.3) is 0 Å². The molecule has 2 heterocycles. The number of amides is 2. The van der Waals surface area contributed by atoms with E-state index in [0.29, 0.717) is 30.2 Å². The first-order chi connectivity index (χ1) is 17.6. The van der Waals surface area contributed by atoms with Crippen molar-refractivity contribution in [2.45, 2.75) is 25.9 Å². The van der Waals surface area contributed by atoms with Crippen LogP contribution in [0.2, 0.25) is 0 Å². The molecule has 3 aromatic carbocycles. The van der Waals surface area contributed by atoms with Crippen molar-refractivity contribution in [3.05, 3.63) is 125 Å². The first-order valence-corrected chi connectivity index (χ1v) is 12.1. The molecule has 1 atom stereocenters. The van der Waals surface area contributed by atoms with Crippen LogP contribution in [0.1, 0.15) is 44.4 Å². The molecule has 6 nitrogen and oxygen atoms in total. The fourth-order valence-corrected chi connectivity index (χ4v) is 4.65. The highest BCUT2D eigenvalue weighted by atomic mass is 16.5. The quantitative estimate of drug-likeness (QED) is 0.401. The van der Waals surface area contributed by atoms with Crippen LogP contribution in [-0.4, -0.2) is 29.9 Å². The second-order valence-electron chi connectivity index (χ2n) is 8.94. The highest BCUT2D eigenvalue weighted by Gasteiger charge is 2.33. The fourth-order valence-electron chi connectivity index (χ4n) is 4.65. The van der Waals surface area contributed by atoms with Crippen LogP contribution in [0.15, 0.2) is 95.6 Å². The van der Waals surface area contributed by atoms with E-state index in [4.69, 9.17) is 9.15 Å². The summed E-state index contributed by atoms with van der Waals surface area (Å²) in [5, 5.41) is 2.79. The summed E-state index contributed by atoms with van der Waals surface area (Å²) in [5.41, 5.74) is 5.04. The molecule has 2 amide bonds. The van der Waals surface area contributed by atoms with Crippen molar-refractivity contribution in [3.8, 4) is 5.75 Å². The maximum absolute atomic E-state index is 13.6. The normalized spacial score (nSPS) is 14.7. The monoisotopic (exact) mass is 480 g/mol. The summed E-state index contributed by atoms with van der Waals surface area (Å²) in [5.74, 6) is 1.03. The van der Waals surface area contributed by atoms with Gasteiger partial charge in [-0.25, -0.2) is 0 Å². The molecule has 182 valence electrons. The van der Waals surface area contributed by atoms with Crippen molar-refractivity contribution in [2.24, 2.45) is 0 Å². The summed E-state index contributed by atoms with van der Waals surface area (Å²) < 4.78 is 11.1. The van der Waals surface area contributed by atoms with Gasteiger partial charge in [0.1, 0.15) is 11.5 Å². The van der Waals surface area contributed by atoms with E-state index in [0.717, 1.165) is 23.1 Å². The van der Waals surface area contributed by atoms with Gasteiger partial charge in [0.15, 0.2) is 6.61 Å². The van der Waals surface area contributed by atoms with Gasteiger partial charge in [0.25, 0.3) is 11.8 Å². The van der Waals surface area contributed by atoms with Gasteiger partial charge in [0.05, 0.1) is 18.8 Å². The van der Waals surface area contributed by atoms with Gasteiger partial charge in [0.2, 0.25) is 0 Å². The summed E-state index contributed by atoms with van der Waals surface area (Å²) in [6.45, 7) is 2.87. The largest absolute Gasteiger partial charge is 0.484 e. The lowest BCUT2D eigenvalue weighted by Gasteiger charge is -2.38. The van der Waals surface area contributed by atoms with E-state index in [-0.39, 0.29) is 24.5 Å². The van der Waals surface area contributed by atoms with E-state index in [9.17, 15) is 9.59 Å². The Labute approximate surface area is 210 Å². The number of benzene rings is 3. The minimum Gasteiger partial charge on any atom is -0.484 e. The summed E-state index contributed by atoms with van der Waals surface area (Å²) in [7, 11) is 0. The van der Waals surface area contributed by atoms with Gasteiger partial charge in [-0.1, -0.05) is 54.1 Å². The lowest BCUT2D eigenvalue weighted by molar-refractivity contribution is -0.123. The molecule has 5 rings (SSSR count). The molecular weight excluding hydrogens is 452 g/mol. The van der Waals surface area contributed by atoms with Crippen LogP contribution in [0.3, 0.4) is 0 Å². The SMILES string of the molecule is Cc1cccc(C2c3cc(OCC(=O)NCc4ccco4)ccc3CCN2C(=O)c2ccccc2)c1. The van der Waals surface area contributed by atoms with E-state index in [2.05, 4.69) is 30.4 Å². The Hall–Kier alpha value is -4.32. The van der Waals surface area contributed by atoms with Crippen LogP contribution in [0, 0.1) is 6.92 Å². The van der Waals surface area contributed by atoms with E-state index in [1.165, 1.54) is 5.56 Å². The second kappa shape index (κ2) is 10.5. The molecule has 1 aliphatic heterocycles. The zero-order chi connectivity index (χ0) is 24.9. The third kappa shape index (κ3) is 5.18. The number of nitrogens with zero attached hydrogens (tertiary/aromatic N) is 1. The minimum atomic E-state index is -0.252. The lowest BCUT2D eigenvalue weighted by Crippen LogP contribution is -2.40. The average Bonchev–Trinajstić information content (AvgIpc) is 3.44. The van der Waals surface area contributed by atoms with Crippen molar-refractivity contribution in [1.29, 1.82) is 0 Å². The van der Waals surface area contributed by atoms with Crippen LogP contribution < -0.4 is 10.1 Å². The Morgan fingerprint density at radius 1 is 1.00 bits per heavy atom. The molecular formula is C30H28N2O4. The smallest absolute Gasteiger partial charge is 0.258 e. The molecule has 1 aliphatic rings. The molecule has 0 aliphatic carbocycles. The number of carbonyl (C=O) groups is 2. The molecule has 0 saturated carbocycles. The number of carbonyl (C=O) groups excluding carboxylic acids is 2. The molecule has 0 spiro atoms. The van der Waals surface area contributed by atoms with Crippen LogP contribution in [0.5, 0.6) is 5.75 Å². The number of rotatable bonds is 7. The van der Waals surface area contributed by atoms with Gasteiger partial charge in [0, 0.05) is 12.1 Å². The van der Waals surface area contributed by atoms with Gasteiger partial charge >= 0.3 is 0 Å². The minimum absolute atomic E-state index is 0.00335. The maximum Gasteiger partial charge on any atom is 0.258 e. The number of hydrogen-bond acceptors (Lipinski definition) is 4. The zero-order valence-corrected chi connectivity index (χ0v) is 20.1. The fraction of sp³-hybridized carbons (Fsp3) is 0.200. The van der Waals surface area contributed by atoms with Gasteiger partial charge in [-0.05, 0) is 66.4 Å². The lowest BCUT2D eigenvalue weighted by atomic mass is 9.87. The number of fused-ring (bicyclic) bond motifs is 1. The number of nitrogens with one attached hydrogen (secondary N) is 1. The highest BCUT2D eigenvalue weighted by Crippen LogP contribution is 2.38. The predicted molar refractivity (Wildman–Crippen MR) is 137 cm³/mol. The standard InChI is InChI=1S/C30H28N2O4/c1-21-7-5-10-24(17-21)29-27-18-25(36-20-28(33)31-19-26-11-6-16-35-26)13-12-22(27)14-15-32(29)30(34)23-8-3-2-4-9-23/h2-13,16-18,29H,14-15,19-20H2,1H3,(H,31,33). The van der Waals surface area contributed by atoms with Crippen molar-refractivity contribution < 1.29 is 18.7 Å². The summed E-state index contributed by atoms with van der Waals surface area (Å²) in [6, 6.07) is 26.9. The van der Waals surface area contributed by atoms with Crippen molar-refractivity contribution in [2.75, 3.05) is 13.2 Å². The van der Waals surface area contributed by atoms with Gasteiger partial charge in [-0.2, -0.15) is 0 Å². The number of furan rings is 1. The maximum atomic E-state index is 13.6. The number of ether oxygens (including phenoxy) is 1. The summed E-state index contributed by atoms with van der Waals surface area (Å²) in [4.78, 5) is 27.8. The molecule has 6 heteroatoms. The first kappa shape index (κ1) is 23.4. The van der Waals surface area contributed by atoms with Gasteiger partial charge in [-0.3, -0.25) is 9.59 Å². The Morgan fingerprint density at radius 3 is 2.64 bits per heavy atom. The average molecular weight is 481 g/mol. The van der Waals surface area contributed by atoms with Gasteiger partial charge < -0.3 is 19.4 Å². The molecule has 0 radical (unpaired) electrons. The molecule has 1 unspecified atom stereocenters. The summed E-state index contributed by atoms with van der Waals surface area (Å²) in [6.07, 6.45) is 2.32. The Kier molecular flexibility index (Phi) is 6.85. The number of hydrogen-bond donors (Lipinski definition) is 1. The molecule has 0 fully saturated rings. The highest BCUT2D eigenvalue weighted by molar-refractivity contribution is 5.95. The van der Waals surface area contributed by atoms with Crippen LogP contribution in [0.4, 0.5) is 0 Å². The molecule has 4 aromatic rings. The van der Waals surface area contributed by atoms with Crippen molar-refractivity contribution in [1.82, 2.24) is 10.2 Å². The molecule has 1 N–H and O–H groups in total. The van der Waals surface area contributed by atoms with Gasteiger partial charge in [-0.15, -0.1) is 0 Å². The van der Waals surface area contributed by atoms with E-state index < -0.39 is 0 Å². The van der Waals surface area contributed by atoms with Crippen molar-refractivity contribution in [3.63, 3.8) is 0 Å². The Balaban J connectivity index is 1.40. The predicted octanol–water partition coefficient (Wildman–Crippen LogP) is 5.07. The third-order valence-corrected chi connectivity index (χ3v) is 6.39. The third-order valence-electron chi connectivity index (χ3n) is 6.39. The van der Waals surface area contributed by atoms with Crippen LogP contribution >= 0.6 is 0 Å². The molecule has 0 saturated heterocycles. The topological polar surface area (TPSA) is 71.8 Å². The molecule has 36 heavy (non-hydrogen) atoms. The Bertz CT molecular complexity index is 1350. The number of aryl methyl sites for hydroxylation is 1. The zero-order valence-electron chi connectivity index (χ0n) is 20.1. The Morgan fingerprint density at radius 2 is 1.86 bits per heavy atom. The van der Waals surface area contributed by atoms with Crippen LogP contribution in [-0.2, 0) is 17.8 Å². The summed E-state index contributed by atoms with van der Waals surface area (Å²) >= 11 is 0. The van der Waals surface area contributed by atoms with E-state index >= 15 is 0 Å². The van der Waals surface area contributed by atoms with E-state index in [1.54, 1.807) is 18.4 Å². The molecule has 1 aromatic heterocycles.